The number of ether oxygens (including phenoxy) is 1. The topological polar surface area (TPSA) is 62.7 Å². The van der Waals surface area contributed by atoms with Crippen molar-refractivity contribution in [2.45, 2.75) is 37.8 Å². The molecule has 2 aliphatic heterocycles. The van der Waals surface area contributed by atoms with Crippen LogP contribution in [0.25, 0.3) is 0 Å². The summed E-state index contributed by atoms with van der Waals surface area (Å²) in [4.78, 5) is 34.5. The van der Waals surface area contributed by atoms with Crippen molar-refractivity contribution in [2.75, 3.05) is 20.1 Å². The third-order valence-corrected chi connectivity index (χ3v) is 7.31. The number of rotatable bonds is 6. The van der Waals surface area contributed by atoms with Crippen molar-refractivity contribution in [2.24, 2.45) is 5.92 Å². The lowest BCUT2D eigenvalue weighted by Gasteiger charge is -2.40. The first-order valence-corrected chi connectivity index (χ1v) is 12.4. The van der Waals surface area contributed by atoms with Crippen LogP contribution < -0.4 is 4.74 Å². The summed E-state index contributed by atoms with van der Waals surface area (Å²) in [5, 5.41) is 0. The van der Waals surface area contributed by atoms with Crippen LogP contribution in [0.5, 0.6) is 5.75 Å². The molecule has 6 nitrogen and oxygen atoms in total. The number of fused-ring (bicyclic) bond motifs is 1. The molecule has 1 aromatic heterocycles. The van der Waals surface area contributed by atoms with Crippen LogP contribution in [-0.2, 0) is 17.6 Å². The number of carbonyl (C=O) groups is 2. The quantitative estimate of drug-likeness (QED) is 0.547. The molecule has 2 atom stereocenters. The maximum Gasteiger partial charge on any atom is 0.272 e. The minimum absolute atomic E-state index is 0.0242. The largest absolute Gasteiger partial charge is 0.480 e. The fraction of sp³-hybridized carbons (Fsp3) is 0.345. The Kier molecular flexibility index (Phi) is 6.80. The number of aromatic nitrogens is 1. The van der Waals surface area contributed by atoms with E-state index in [1.165, 1.54) is 5.56 Å². The second-order valence-corrected chi connectivity index (χ2v) is 9.47. The first kappa shape index (κ1) is 23.1. The van der Waals surface area contributed by atoms with Crippen molar-refractivity contribution < 1.29 is 14.3 Å². The average Bonchev–Trinajstić information content (AvgIpc) is 3.36. The SMILES string of the molecule is CN(C(=O)c1ccccn1)[C@H](Cc1ccccc1)C1CCN(C(=O)[C@H]2Cc3ccccc3O2)CC1. The van der Waals surface area contributed by atoms with Crippen molar-refractivity contribution >= 4 is 11.8 Å². The summed E-state index contributed by atoms with van der Waals surface area (Å²) < 4.78 is 5.94. The number of hydrogen-bond acceptors (Lipinski definition) is 4. The molecule has 2 amide bonds. The number of para-hydroxylation sites is 1. The first-order chi connectivity index (χ1) is 17.1. The Morgan fingerprint density at radius 1 is 1.00 bits per heavy atom. The Balaban J connectivity index is 1.27. The normalized spacial score (nSPS) is 18.4. The van der Waals surface area contributed by atoms with Gasteiger partial charge in [0.15, 0.2) is 6.10 Å². The van der Waals surface area contributed by atoms with Crippen LogP contribution in [0.3, 0.4) is 0 Å². The molecule has 180 valence electrons. The first-order valence-electron chi connectivity index (χ1n) is 12.4. The third kappa shape index (κ3) is 5.06. The summed E-state index contributed by atoms with van der Waals surface area (Å²) in [5.41, 5.74) is 2.76. The Labute approximate surface area is 206 Å². The summed E-state index contributed by atoms with van der Waals surface area (Å²) in [6.07, 6.45) is 4.33. The van der Waals surface area contributed by atoms with Crippen molar-refractivity contribution in [1.29, 1.82) is 0 Å². The fourth-order valence-corrected chi connectivity index (χ4v) is 5.32. The summed E-state index contributed by atoms with van der Waals surface area (Å²) in [6, 6.07) is 23.6. The Morgan fingerprint density at radius 2 is 1.71 bits per heavy atom. The molecule has 0 unspecified atom stereocenters. The van der Waals surface area contributed by atoms with Crippen LogP contribution in [0.2, 0.25) is 0 Å². The minimum atomic E-state index is -0.433. The molecule has 0 radical (unpaired) electrons. The molecule has 0 spiro atoms. The lowest BCUT2D eigenvalue weighted by molar-refractivity contribution is -0.139. The van der Waals surface area contributed by atoms with E-state index in [4.69, 9.17) is 4.74 Å². The predicted octanol–water partition coefficient (Wildman–Crippen LogP) is 4.01. The molecule has 5 rings (SSSR count). The molecule has 3 aromatic rings. The second-order valence-electron chi connectivity index (χ2n) is 9.47. The molecule has 6 heteroatoms. The van der Waals surface area contributed by atoms with Gasteiger partial charge in [0, 0.05) is 38.8 Å². The fourth-order valence-electron chi connectivity index (χ4n) is 5.32. The molecule has 3 heterocycles. The van der Waals surface area contributed by atoms with E-state index in [0.29, 0.717) is 31.1 Å². The molecule has 0 N–H and O–H groups in total. The molecule has 1 fully saturated rings. The Morgan fingerprint density at radius 3 is 2.43 bits per heavy atom. The van der Waals surface area contributed by atoms with E-state index in [0.717, 1.165) is 30.6 Å². The van der Waals surface area contributed by atoms with Gasteiger partial charge in [-0.2, -0.15) is 0 Å². The summed E-state index contributed by atoms with van der Waals surface area (Å²) in [5.74, 6) is 1.11. The zero-order valence-electron chi connectivity index (χ0n) is 20.0. The maximum atomic E-state index is 13.3. The van der Waals surface area contributed by atoms with Crippen LogP contribution >= 0.6 is 0 Å². The summed E-state index contributed by atoms with van der Waals surface area (Å²) >= 11 is 0. The number of piperidine rings is 1. The van der Waals surface area contributed by atoms with Gasteiger partial charge in [-0.05, 0) is 54.5 Å². The highest BCUT2D eigenvalue weighted by atomic mass is 16.5. The van der Waals surface area contributed by atoms with E-state index in [1.807, 2.05) is 71.4 Å². The van der Waals surface area contributed by atoms with Gasteiger partial charge in [-0.25, -0.2) is 0 Å². The molecule has 0 bridgehead atoms. The molecule has 2 aliphatic rings. The van der Waals surface area contributed by atoms with E-state index in [9.17, 15) is 9.59 Å². The average molecular weight is 470 g/mol. The van der Waals surface area contributed by atoms with Gasteiger partial charge < -0.3 is 14.5 Å². The molecule has 1 saturated heterocycles. The monoisotopic (exact) mass is 469 g/mol. The predicted molar refractivity (Wildman–Crippen MR) is 134 cm³/mol. The number of likely N-dealkylation sites (tertiary alicyclic amines) is 1. The molecule has 2 aromatic carbocycles. The highest BCUT2D eigenvalue weighted by molar-refractivity contribution is 5.92. The number of benzene rings is 2. The highest BCUT2D eigenvalue weighted by Gasteiger charge is 2.37. The Hall–Kier alpha value is -3.67. The lowest BCUT2D eigenvalue weighted by atomic mass is 9.84. The smallest absolute Gasteiger partial charge is 0.272 e. The van der Waals surface area contributed by atoms with Gasteiger partial charge in [0.25, 0.3) is 11.8 Å². The summed E-state index contributed by atoms with van der Waals surface area (Å²) in [6.45, 7) is 1.35. The van der Waals surface area contributed by atoms with Crippen LogP contribution in [0.15, 0.2) is 79.0 Å². The van der Waals surface area contributed by atoms with Crippen molar-refractivity contribution in [3.63, 3.8) is 0 Å². The van der Waals surface area contributed by atoms with Crippen molar-refractivity contribution in [1.82, 2.24) is 14.8 Å². The number of likely N-dealkylation sites (N-methyl/N-ethyl adjacent to an activating group) is 1. The van der Waals surface area contributed by atoms with Crippen LogP contribution in [0, 0.1) is 5.92 Å². The summed E-state index contributed by atoms with van der Waals surface area (Å²) in [7, 11) is 1.88. The van der Waals surface area contributed by atoms with E-state index >= 15 is 0 Å². The van der Waals surface area contributed by atoms with E-state index < -0.39 is 6.10 Å². The van der Waals surface area contributed by atoms with Crippen LogP contribution in [0.4, 0.5) is 0 Å². The van der Waals surface area contributed by atoms with Gasteiger partial charge in [0.05, 0.1) is 0 Å². The van der Waals surface area contributed by atoms with Gasteiger partial charge in [0.1, 0.15) is 11.4 Å². The van der Waals surface area contributed by atoms with Crippen molar-refractivity contribution in [3.8, 4) is 5.75 Å². The lowest BCUT2D eigenvalue weighted by Crippen LogP contribution is -2.50. The van der Waals surface area contributed by atoms with E-state index in [2.05, 4.69) is 17.1 Å². The van der Waals surface area contributed by atoms with E-state index in [1.54, 1.807) is 12.3 Å². The zero-order valence-corrected chi connectivity index (χ0v) is 20.0. The number of nitrogens with zero attached hydrogens (tertiary/aromatic N) is 3. The van der Waals surface area contributed by atoms with E-state index in [-0.39, 0.29) is 17.9 Å². The number of hydrogen-bond donors (Lipinski definition) is 0. The third-order valence-electron chi connectivity index (χ3n) is 7.31. The number of carbonyl (C=O) groups excluding carboxylic acids is 2. The van der Waals surface area contributed by atoms with Gasteiger partial charge >= 0.3 is 0 Å². The Bertz CT molecular complexity index is 1140. The molecule has 0 aliphatic carbocycles. The highest BCUT2D eigenvalue weighted by Crippen LogP contribution is 2.31. The second kappa shape index (κ2) is 10.3. The number of pyridine rings is 1. The molecular weight excluding hydrogens is 438 g/mol. The maximum absolute atomic E-state index is 13.3. The van der Waals surface area contributed by atoms with Gasteiger partial charge in [-0.1, -0.05) is 54.6 Å². The van der Waals surface area contributed by atoms with Crippen LogP contribution in [0.1, 0.15) is 34.5 Å². The molecular formula is C29H31N3O3. The number of amides is 2. The zero-order chi connectivity index (χ0) is 24.2. The van der Waals surface area contributed by atoms with Gasteiger partial charge in [0.2, 0.25) is 0 Å². The van der Waals surface area contributed by atoms with Crippen LogP contribution in [-0.4, -0.2) is 58.9 Å². The minimum Gasteiger partial charge on any atom is -0.480 e. The molecule has 0 saturated carbocycles. The standard InChI is InChI=1S/C29H31N3O3/c1-31(28(33)24-12-7-8-16-30-24)25(19-21-9-3-2-4-10-21)22-14-17-32(18-15-22)29(34)27-20-23-11-5-6-13-26(23)35-27/h2-13,16,22,25,27H,14-15,17-20H2,1H3/t25-,27-/m1/s1. The van der Waals surface area contributed by atoms with Crippen molar-refractivity contribution in [3.05, 3.63) is 95.8 Å². The van der Waals surface area contributed by atoms with Gasteiger partial charge in [-0.15, -0.1) is 0 Å². The molecule has 35 heavy (non-hydrogen) atoms. The van der Waals surface area contributed by atoms with Gasteiger partial charge in [-0.3, -0.25) is 14.6 Å².